The lowest BCUT2D eigenvalue weighted by molar-refractivity contribution is 0.587. The van der Waals surface area contributed by atoms with Gasteiger partial charge in [-0.25, -0.2) is 13.1 Å². The van der Waals surface area contributed by atoms with Crippen LogP contribution in [-0.2, 0) is 10.0 Å². The number of benzene rings is 1. The van der Waals surface area contributed by atoms with Crippen molar-refractivity contribution in [3.63, 3.8) is 0 Å². The van der Waals surface area contributed by atoms with Gasteiger partial charge in [-0.2, -0.15) is 0 Å². The van der Waals surface area contributed by atoms with E-state index in [1.807, 2.05) is 12.1 Å². The van der Waals surface area contributed by atoms with Gasteiger partial charge < -0.3 is 10.6 Å². The quantitative estimate of drug-likeness (QED) is 0.789. The minimum atomic E-state index is -3.43. The highest BCUT2D eigenvalue weighted by Crippen LogP contribution is 2.34. The number of rotatable bonds is 6. The summed E-state index contributed by atoms with van der Waals surface area (Å²) in [5, 5.41) is 0. The lowest BCUT2D eigenvalue weighted by Crippen LogP contribution is -2.33. The van der Waals surface area contributed by atoms with Gasteiger partial charge in [-0.05, 0) is 32.0 Å². The second-order valence-electron chi connectivity index (χ2n) is 4.39. The molecule has 1 aromatic rings. The van der Waals surface area contributed by atoms with Gasteiger partial charge in [-0.3, -0.25) is 0 Å². The van der Waals surface area contributed by atoms with Crippen LogP contribution in [-0.4, -0.2) is 34.6 Å². The molecule has 0 saturated heterocycles. The van der Waals surface area contributed by atoms with Crippen molar-refractivity contribution in [1.29, 1.82) is 0 Å². The zero-order chi connectivity index (χ0) is 13.2. The maximum atomic E-state index is 12.0. The molecule has 0 aliphatic heterocycles. The van der Waals surface area contributed by atoms with Crippen molar-refractivity contribution in [2.45, 2.75) is 23.8 Å². The van der Waals surface area contributed by atoms with E-state index in [2.05, 4.69) is 9.62 Å². The second kappa shape index (κ2) is 5.26. The topological polar surface area (TPSA) is 75.4 Å². The van der Waals surface area contributed by atoms with Crippen LogP contribution in [0.2, 0.25) is 0 Å². The van der Waals surface area contributed by atoms with E-state index in [0.717, 1.165) is 18.5 Å². The summed E-state index contributed by atoms with van der Waals surface area (Å²) in [6.45, 7) is 1.20. The van der Waals surface area contributed by atoms with E-state index < -0.39 is 10.0 Å². The second-order valence-corrected chi connectivity index (χ2v) is 6.24. The Hall–Kier alpha value is -1.11. The smallest absolute Gasteiger partial charge is 0.242 e. The van der Waals surface area contributed by atoms with Crippen LogP contribution >= 0.6 is 0 Å². The molecule has 1 aromatic carbocycles. The van der Waals surface area contributed by atoms with Gasteiger partial charge in [-0.1, -0.05) is 12.1 Å². The fraction of sp³-hybridized carbons (Fsp3) is 0.500. The number of para-hydroxylation sites is 1. The highest BCUT2D eigenvalue weighted by Gasteiger charge is 2.31. The van der Waals surface area contributed by atoms with E-state index >= 15 is 0 Å². The Morgan fingerprint density at radius 1 is 1.39 bits per heavy atom. The van der Waals surface area contributed by atoms with Crippen LogP contribution in [0.25, 0.3) is 0 Å². The predicted molar refractivity (Wildman–Crippen MR) is 72.1 cm³/mol. The molecule has 1 saturated carbocycles. The summed E-state index contributed by atoms with van der Waals surface area (Å²) >= 11 is 0. The summed E-state index contributed by atoms with van der Waals surface area (Å²) in [4.78, 5) is 2.43. The summed E-state index contributed by atoms with van der Waals surface area (Å²) < 4.78 is 26.4. The monoisotopic (exact) mass is 269 g/mol. The number of hydrogen-bond donors (Lipinski definition) is 2. The third-order valence-electron chi connectivity index (χ3n) is 3.09. The molecule has 0 heterocycles. The zero-order valence-electron chi connectivity index (χ0n) is 10.5. The molecular weight excluding hydrogens is 250 g/mol. The van der Waals surface area contributed by atoms with E-state index in [-0.39, 0.29) is 0 Å². The number of sulfonamides is 1. The van der Waals surface area contributed by atoms with Crippen LogP contribution in [0.3, 0.4) is 0 Å². The normalized spacial score (nSPS) is 15.7. The minimum Gasteiger partial charge on any atom is -0.366 e. The van der Waals surface area contributed by atoms with Crippen molar-refractivity contribution in [1.82, 2.24) is 4.72 Å². The first-order valence-corrected chi connectivity index (χ1v) is 7.57. The molecule has 100 valence electrons. The van der Waals surface area contributed by atoms with Gasteiger partial charge >= 0.3 is 0 Å². The van der Waals surface area contributed by atoms with Gasteiger partial charge in [0, 0.05) is 19.1 Å². The van der Waals surface area contributed by atoms with Gasteiger partial charge in [-0.15, -0.1) is 0 Å². The molecule has 5 nitrogen and oxygen atoms in total. The van der Waals surface area contributed by atoms with Gasteiger partial charge in [0.1, 0.15) is 4.90 Å². The van der Waals surface area contributed by atoms with Crippen LogP contribution in [0.5, 0.6) is 0 Å². The molecule has 0 atom stereocenters. The Bertz CT molecular complexity index is 512. The van der Waals surface area contributed by atoms with E-state index in [1.165, 1.54) is 7.05 Å². The van der Waals surface area contributed by atoms with E-state index in [0.29, 0.717) is 24.0 Å². The van der Waals surface area contributed by atoms with Crippen LogP contribution < -0.4 is 15.4 Å². The van der Waals surface area contributed by atoms with Crippen molar-refractivity contribution < 1.29 is 8.42 Å². The number of hydrogen-bond acceptors (Lipinski definition) is 4. The van der Waals surface area contributed by atoms with Gasteiger partial charge in [0.05, 0.1) is 5.69 Å². The molecule has 0 radical (unpaired) electrons. The van der Waals surface area contributed by atoms with Crippen LogP contribution in [0.4, 0.5) is 5.69 Å². The first kappa shape index (κ1) is 13.3. The molecule has 1 aliphatic carbocycles. The van der Waals surface area contributed by atoms with Crippen molar-refractivity contribution in [3.05, 3.63) is 24.3 Å². The Labute approximate surface area is 108 Å². The van der Waals surface area contributed by atoms with Gasteiger partial charge in [0.25, 0.3) is 0 Å². The Morgan fingerprint density at radius 3 is 2.61 bits per heavy atom. The SMILES string of the molecule is CNS(=O)(=O)c1ccccc1N(CCN)C1CC1. The molecule has 0 spiro atoms. The Kier molecular flexibility index (Phi) is 3.89. The van der Waals surface area contributed by atoms with Crippen LogP contribution in [0.1, 0.15) is 12.8 Å². The zero-order valence-corrected chi connectivity index (χ0v) is 11.3. The third kappa shape index (κ3) is 2.66. The lowest BCUT2D eigenvalue weighted by atomic mass is 10.2. The summed E-state index contributed by atoms with van der Waals surface area (Å²) in [7, 11) is -2.00. The van der Waals surface area contributed by atoms with Crippen molar-refractivity contribution in [2.24, 2.45) is 5.73 Å². The first-order chi connectivity index (χ1) is 8.60. The minimum absolute atomic E-state index is 0.327. The van der Waals surface area contributed by atoms with Crippen LogP contribution in [0, 0.1) is 0 Å². The average molecular weight is 269 g/mol. The molecule has 2 rings (SSSR count). The maximum Gasteiger partial charge on any atom is 0.242 e. The molecule has 0 unspecified atom stereocenters. The van der Waals surface area contributed by atoms with E-state index in [9.17, 15) is 8.42 Å². The standard InChI is InChI=1S/C12H19N3O2S/c1-14-18(16,17)12-5-3-2-4-11(12)15(9-8-13)10-6-7-10/h2-5,10,14H,6-9,13H2,1H3. The molecule has 0 aromatic heterocycles. The summed E-state index contributed by atoms with van der Waals surface area (Å²) in [5.74, 6) is 0. The molecule has 18 heavy (non-hydrogen) atoms. The molecule has 1 fully saturated rings. The highest BCUT2D eigenvalue weighted by molar-refractivity contribution is 7.89. The van der Waals surface area contributed by atoms with Crippen LogP contribution in [0.15, 0.2) is 29.2 Å². The molecule has 0 bridgehead atoms. The van der Waals surface area contributed by atoms with Gasteiger partial charge in [0.2, 0.25) is 10.0 Å². The molecule has 3 N–H and O–H groups in total. The number of nitrogens with one attached hydrogen (secondary N) is 1. The van der Waals surface area contributed by atoms with E-state index in [1.54, 1.807) is 12.1 Å². The molecule has 6 heteroatoms. The number of nitrogens with zero attached hydrogens (tertiary/aromatic N) is 1. The molecular formula is C12H19N3O2S. The summed E-state index contributed by atoms with van der Waals surface area (Å²) in [6.07, 6.45) is 2.21. The molecule has 0 amide bonds. The number of anilines is 1. The third-order valence-corrected chi connectivity index (χ3v) is 4.55. The largest absolute Gasteiger partial charge is 0.366 e. The Balaban J connectivity index is 2.43. The van der Waals surface area contributed by atoms with E-state index in [4.69, 9.17) is 5.73 Å². The first-order valence-electron chi connectivity index (χ1n) is 6.09. The average Bonchev–Trinajstić information content (AvgIpc) is 3.20. The van der Waals surface area contributed by atoms with Gasteiger partial charge in [0.15, 0.2) is 0 Å². The van der Waals surface area contributed by atoms with Crippen molar-refractivity contribution in [3.8, 4) is 0 Å². The summed E-state index contributed by atoms with van der Waals surface area (Å²) in [6, 6.07) is 7.50. The predicted octanol–water partition coefficient (Wildman–Crippen LogP) is 0.522. The summed E-state index contributed by atoms with van der Waals surface area (Å²) in [5.41, 5.74) is 6.37. The van der Waals surface area contributed by atoms with Crippen molar-refractivity contribution >= 4 is 15.7 Å². The maximum absolute atomic E-state index is 12.0. The lowest BCUT2D eigenvalue weighted by Gasteiger charge is -2.26. The highest BCUT2D eigenvalue weighted by atomic mass is 32.2. The number of nitrogens with two attached hydrogens (primary N) is 1. The fourth-order valence-electron chi connectivity index (χ4n) is 2.06. The van der Waals surface area contributed by atoms with Crippen molar-refractivity contribution in [2.75, 3.05) is 25.0 Å². The Morgan fingerprint density at radius 2 is 2.06 bits per heavy atom. The fourth-order valence-corrected chi connectivity index (χ4v) is 2.99. The molecule has 1 aliphatic rings.